The zero-order valence-electron chi connectivity index (χ0n) is 18.5. The zero-order valence-corrected chi connectivity index (χ0v) is 18.5. The number of aromatic nitrogens is 2. The van der Waals surface area contributed by atoms with E-state index in [1.54, 1.807) is 6.21 Å². The predicted molar refractivity (Wildman–Crippen MR) is 125 cm³/mol. The first kappa shape index (κ1) is 22.3. The molecule has 2 aliphatic heterocycles. The van der Waals surface area contributed by atoms with Crippen molar-refractivity contribution in [3.63, 3.8) is 0 Å². The van der Waals surface area contributed by atoms with Gasteiger partial charge in [-0.15, -0.1) is 0 Å². The topological polar surface area (TPSA) is 110 Å². The highest BCUT2D eigenvalue weighted by Gasteiger charge is 2.16. The minimum absolute atomic E-state index is 0.467. The van der Waals surface area contributed by atoms with Gasteiger partial charge in [0.15, 0.2) is 5.82 Å². The van der Waals surface area contributed by atoms with Crippen molar-refractivity contribution in [2.24, 2.45) is 5.10 Å². The fraction of sp³-hybridized carbons (Fsp3) is 0.500. The Labute approximate surface area is 188 Å². The number of morpholine rings is 2. The predicted octanol–water partition coefficient (Wildman–Crippen LogP) is 1.36. The summed E-state index contributed by atoms with van der Waals surface area (Å²) in [5.74, 6) is 1.81. The van der Waals surface area contributed by atoms with E-state index in [2.05, 4.69) is 30.3 Å². The van der Waals surface area contributed by atoms with E-state index >= 15 is 0 Å². The van der Waals surface area contributed by atoms with Crippen molar-refractivity contribution in [2.75, 3.05) is 81.8 Å². The SMILES string of the molecule is Cc1ccc(N)c(N/N=C/c2nc(OCCN3CCOCC3)cc(N3CCOCC3)n2)c1. The normalized spacial score (nSPS) is 17.6. The minimum atomic E-state index is 0.467. The fourth-order valence-electron chi connectivity index (χ4n) is 3.55. The number of nitrogens with one attached hydrogen (secondary N) is 1. The maximum atomic E-state index is 6.01. The van der Waals surface area contributed by atoms with Crippen LogP contribution in [-0.4, -0.2) is 86.8 Å². The highest BCUT2D eigenvalue weighted by Crippen LogP contribution is 2.20. The molecule has 1 aromatic heterocycles. The van der Waals surface area contributed by atoms with Gasteiger partial charge in [-0.1, -0.05) is 6.07 Å². The molecule has 0 spiro atoms. The van der Waals surface area contributed by atoms with Crippen molar-refractivity contribution in [3.05, 3.63) is 35.7 Å². The highest BCUT2D eigenvalue weighted by molar-refractivity contribution is 5.77. The molecule has 0 aliphatic carbocycles. The molecule has 0 amide bonds. The number of hydrazone groups is 1. The van der Waals surface area contributed by atoms with Crippen LogP contribution in [0, 0.1) is 6.92 Å². The molecule has 0 atom stereocenters. The van der Waals surface area contributed by atoms with Crippen molar-refractivity contribution >= 4 is 23.4 Å². The van der Waals surface area contributed by atoms with Crippen molar-refractivity contribution in [3.8, 4) is 5.88 Å². The fourth-order valence-corrected chi connectivity index (χ4v) is 3.55. The first-order chi connectivity index (χ1) is 15.7. The quantitative estimate of drug-likeness (QED) is 0.356. The van der Waals surface area contributed by atoms with Crippen molar-refractivity contribution in [1.29, 1.82) is 0 Å². The second kappa shape index (κ2) is 11.1. The lowest BCUT2D eigenvalue weighted by Gasteiger charge is -2.28. The van der Waals surface area contributed by atoms with E-state index in [0.29, 0.717) is 37.2 Å². The molecule has 2 saturated heterocycles. The number of hydrogen-bond donors (Lipinski definition) is 2. The summed E-state index contributed by atoms with van der Waals surface area (Å²) in [4.78, 5) is 13.7. The molecule has 3 heterocycles. The molecular formula is C22H31N7O3. The zero-order chi connectivity index (χ0) is 22.2. The van der Waals surface area contributed by atoms with Gasteiger partial charge in [0.05, 0.1) is 44.0 Å². The van der Waals surface area contributed by atoms with Gasteiger partial charge in [0.25, 0.3) is 0 Å². The van der Waals surface area contributed by atoms with Crippen LogP contribution in [0.15, 0.2) is 29.4 Å². The molecule has 0 unspecified atom stereocenters. The summed E-state index contributed by atoms with van der Waals surface area (Å²) in [6.45, 7) is 9.69. The van der Waals surface area contributed by atoms with Gasteiger partial charge < -0.3 is 24.8 Å². The minimum Gasteiger partial charge on any atom is -0.476 e. The molecule has 1 aromatic carbocycles. The molecule has 10 heteroatoms. The van der Waals surface area contributed by atoms with Gasteiger partial charge in [-0.05, 0) is 24.6 Å². The summed E-state index contributed by atoms with van der Waals surface area (Å²) in [7, 11) is 0. The van der Waals surface area contributed by atoms with Crippen LogP contribution in [0.4, 0.5) is 17.2 Å². The lowest BCUT2D eigenvalue weighted by atomic mass is 10.2. The third-order valence-electron chi connectivity index (χ3n) is 5.38. The van der Waals surface area contributed by atoms with Crippen LogP contribution in [-0.2, 0) is 9.47 Å². The summed E-state index contributed by atoms with van der Waals surface area (Å²) in [6.07, 6.45) is 1.58. The highest BCUT2D eigenvalue weighted by atomic mass is 16.5. The second-order valence-electron chi connectivity index (χ2n) is 7.79. The Hall–Kier alpha value is -2.95. The molecule has 172 valence electrons. The monoisotopic (exact) mass is 441 g/mol. The Morgan fingerprint density at radius 2 is 1.84 bits per heavy atom. The standard InChI is InChI=1S/C22H31N7O3/c1-17-2-3-18(23)19(14-17)27-24-16-20-25-21(29-7-11-31-12-8-29)15-22(26-20)32-13-6-28-4-9-30-10-5-28/h2-3,14-16,27H,4-13,23H2,1H3/b24-16+. The molecule has 2 fully saturated rings. The van der Waals surface area contributed by atoms with Crippen LogP contribution in [0.1, 0.15) is 11.4 Å². The summed E-state index contributed by atoms with van der Waals surface area (Å²) in [5.41, 5.74) is 11.5. The van der Waals surface area contributed by atoms with Gasteiger partial charge in [0, 0.05) is 38.8 Å². The first-order valence-electron chi connectivity index (χ1n) is 11.0. The number of benzene rings is 1. The van der Waals surface area contributed by atoms with Crippen molar-refractivity contribution in [2.45, 2.75) is 6.92 Å². The Morgan fingerprint density at radius 3 is 2.62 bits per heavy atom. The van der Waals surface area contributed by atoms with E-state index in [9.17, 15) is 0 Å². The molecule has 0 radical (unpaired) electrons. The van der Waals surface area contributed by atoms with Crippen LogP contribution in [0.2, 0.25) is 0 Å². The van der Waals surface area contributed by atoms with Crippen LogP contribution < -0.4 is 20.8 Å². The van der Waals surface area contributed by atoms with E-state index in [1.807, 2.05) is 31.2 Å². The molecule has 10 nitrogen and oxygen atoms in total. The molecule has 0 bridgehead atoms. The Balaban J connectivity index is 1.45. The number of ether oxygens (including phenoxy) is 3. The molecule has 2 aromatic rings. The maximum absolute atomic E-state index is 6.01. The van der Waals surface area contributed by atoms with E-state index < -0.39 is 0 Å². The molecular weight excluding hydrogens is 410 g/mol. The van der Waals surface area contributed by atoms with Crippen LogP contribution in [0.3, 0.4) is 0 Å². The maximum Gasteiger partial charge on any atom is 0.219 e. The van der Waals surface area contributed by atoms with Gasteiger partial charge in [0.1, 0.15) is 12.4 Å². The van der Waals surface area contributed by atoms with E-state index in [4.69, 9.17) is 19.9 Å². The number of nitrogens with zero attached hydrogens (tertiary/aromatic N) is 5. The first-order valence-corrected chi connectivity index (χ1v) is 11.0. The van der Waals surface area contributed by atoms with Crippen LogP contribution in [0.25, 0.3) is 0 Å². The summed E-state index contributed by atoms with van der Waals surface area (Å²) in [6, 6.07) is 7.63. The van der Waals surface area contributed by atoms with Crippen LogP contribution >= 0.6 is 0 Å². The number of nitrogens with two attached hydrogens (primary N) is 1. The smallest absolute Gasteiger partial charge is 0.219 e. The number of aryl methyl sites for hydroxylation is 1. The van der Waals surface area contributed by atoms with E-state index in [-0.39, 0.29) is 0 Å². The number of hydrogen-bond acceptors (Lipinski definition) is 10. The van der Waals surface area contributed by atoms with Crippen LogP contribution in [0.5, 0.6) is 5.88 Å². The van der Waals surface area contributed by atoms with E-state index in [0.717, 1.165) is 63.0 Å². The summed E-state index contributed by atoms with van der Waals surface area (Å²) < 4.78 is 16.9. The largest absolute Gasteiger partial charge is 0.476 e. The van der Waals surface area contributed by atoms with Gasteiger partial charge in [-0.3, -0.25) is 10.3 Å². The lowest BCUT2D eigenvalue weighted by molar-refractivity contribution is 0.0320. The van der Waals surface area contributed by atoms with Gasteiger partial charge in [-0.2, -0.15) is 10.1 Å². The van der Waals surface area contributed by atoms with E-state index in [1.165, 1.54) is 0 Å². The lowest BCUT2D eigenvalue weighted by Crippen LogP contribution is -2.38. The van der Waals surface area contributed by atoms with Gasteiger partial charge >= 0.3 is 0 Å². The molecule has 4 rings (SSSR count). The Kier molecular flexibility index (Phi) is 7.70. The molecule has 3 N–H and O–H groups in total. The second-order valence-corrected chi connectivity index (χ2v) is 7.79. The molecule has 0 saturated carbocycles. The molecule has 32 heavy (non-hydrogen) atoms. The summed E-state index contributed by atoms with van der Waals surface area (Å²) in [5, 5.41) is 4.29. The number of anilines is 3. The third kappa shape index (κ3) is 6.28. The molecule has 2 aliphatic rings. The van der Waals surface area contributed by atoms with Gasteiger partial charge in [-0.25, -0.2) is 4.98 Å². The number of rotatable bonds is 8. The number of nitrogen functional groups attached to an aromatic ring is 1. The van der Waals surface area contributed by atoms with Crippen molar-refractivity contribution < 1.29 is 14.2 Å². The average Bonchev–Trinajstić information content (AvgIpc) is 2.82. The average molecular weight is 442 g/mol. The Bertz CT molecular complexity index is 912. The summed E-state index contributed by atoms with van der Waals surface area (Å²) >= 11 is 0. The third-order valence-corrected chi connectivity index (χ3v) is 5.38. The van der Waals surface area contributed by atoms with Gasteiger partial charge in [0.2, 0.25) is 5.88 Å². The van der Waals surface area contributed by atoms with Crippen molar-refractivity contribution in [1.82, 2.24) is 14.9 Å². The Morgan fingerprint density at radius 1 is 1.09 bits per heavy atom.